The van der Waals surface area contributed by atoms with Gasteiger partial charge in [-0.3, -0.25) is 0 Å². The van der Waals surface area contributed by atoms with Crippen molar-refractivity contribution < 1.29 is 9.84 Å². The summed E-state index contributed by atoms with van der Waals surface area (Å²) >= 11 is 3.25. The predicted molar refractivity (Wildman–Crippen MR) is 52.5 cm³/mol. The number of hydrogen-bond acceptors (Lipinski definition) is 4. The number of nitrogens with two attached hydrogens (primary N) is 1. The molecule has 0 amide bonds. The van der Waals surface area contributed by atoms with Crippen LogP contribution in [0.1, 0.15) is 11.7 Å². The van der Waals surface area contributed by atoms with Crippen molar-refractivity contribution >= 4 is 15.9 Å². The number of aliphatic hydroxyl groups is 1. The zero-order valence-corrected chi connectivity index (χ0v) is 8.78. The SMILES string of the molecule is COc1ncc(Br)cc1[C@@H](O)CN. The molecule has 0 spiro atoms. The third-order valence-electron chi connectivity index (χ3n) is 1.62. The molecule has 0 saturated heterocycles. The average Bonchev–Trinajstić information content (AvgIpc) is 2.16. The molecule has 0 radical (unpaired) electrons. The fraction of sp³-hybridized carbons (Fsp3) is 0.375. The van der Waals surface area contributed by atoms with Crippen LogP contribution in [-0.2, 0) is 0 Å². The molecule has 0 fully saturated rings. The van der Waals surface area contributed by atoms with Gasteiger partial charge >= 0.3 is 0 Å². The standard InChI is InChI=1S/C8H11BrN2O2/c1-13-8-6(7(12)3-10)2-5(9)4-11-8/h2,4,7,12H,3,10H2,1H3/t7-/m0/s1. The van der Waals surface area contributed by atoms with Gasteiger partial charge in [-0.25, -0.2) is 4.98 Å². The summed E-state index contributed by atoms with van der Waals surface area (Å²) < 4.78 is 5.76. The molecule has 0 saturated carbocycles. The quantitative estimate of drug-likeness (QED) is 0.830. The Morgan fingerprint density at radius 1 is 1.77 bits per heavy atom. The van der Waals surface area contributed by atoms with E-state index >= 15 is 0 Å². The summed E-state index contributed by atoms with van der Waals surface area (Å²) in [4.78, 5) is 3.98. The third-order valence-corrected chi connectivity index (χ3v) is 2.05. The number of nitrogens with zero attached hydrogens (tertiary/aromatic N) is 1. The van der Waals surface area contributed by atoms with E-state index in [9.17, 15) is 5.11 Å². The van der Waals surface area contributed by atoms with Crippen LogP contribution in [0.4, 0.5) is 0 Å². The molecule has 0 aliphatic heterocycles. The van der Waals surface area contributed by atoms with Crippen molar-refractivity contribution in [1.29, 1.82) is 0 Å². The molecule has 0 bridgehead atoms. The highest BCUT2D eigenvalue weighted by atomic mass is 79.9. The molecule has 1 aromatic rings. The van der Waals surface area contributed by atoms with Crippen LogP contribution in [0.25, 0.3) is 0 Å². The van der Waals surface area contributed by atoms with Crippen LogP contribution in [0.3, 0.4) is 0 Å². The van der Waals surface area contributed by atoms with Crippen LogP contribution in [0, 0.1) is 0 Å². The molecule has 13 heavy (non-hydrogen) atoms. The molecule has 5 heteroatoms. The topological polar surface area (TPSA) is 68.4 Å². The first kappa shape index (κ1) is 10.4. The summed E-state index contributed by atoms with van der Waals surface area (Å²) in [5.74, 6) is 0.404. The van der Waals surface area contributed by atoms with Gasteiger partial charge in [0.2, 0.25) is 5.88 Å². The summed E-state index contributed by atoms with van der Waals surface area (Å²) in [5.41, 5.74) is 5.93. The van der Waals surface area contributed by atoms with Crippen LogP contribution >= 0.6 is 15.9 Å². The Hall–Kier alpha value is -0.650. The zero-order chi connectivity index (χ0) is 9.84. The van der Waals surface area contributed by atoms with E-state index in [0.717, 1.165) is 4.47 Å². The van der Waals surface area contributed by atoms with Crippen LogP contribution < -0.4 is 10.5 Å². The Bertz CT molecular complexity index is 293. The monoisotopic (exact) mass is 246 g/mol. The van der Waals surface area contributed by atoms with Crippen molar-refractivity contribution in [2.75, 3.05) is 13.7 Å². The first-order chi connectivity index (χ1) is 6.19. The Morgan fingerprint density at radius 3 is 3.00 bits per heavy atom. The van der Waals surface area contributed by atoms with Gasteiger partial charge in [0.25, 0.3) is 0 Å². The van der Waals surface area contributed by atoms with E-state index in [2.05, 4.69) is 20.9 Å². The molecule has 1 heterocycles. The lowest BCUT2D eigenvalue weighted by atomic mass is 10.1. The molecule has 72 valence electrons. The molecule has 0 aromatic carbocycles. The minimum atomic E-state index is -0.736. The van der Waals surface area contributed by atoms with Crippen molar-refractivity contribution in [1.82, 2.24) is 4.98 Å². The summed E-state index contributed by atoms with van der Waals surface area (Å²) in [6, 6.07) is 1.74. The molecule has 1 atom stereocenters. The van der Waals surface area contributed by atoms with Crippen molar-refractivity contribution in [3.05, 3.63) is 22.3 Å². The van der Waals surface area contributed by atoms with Crippen molar-refractivity contribution in [2.24, 2.45) is 5.73 Å². The molecular weight excluding hydrogens is 236 g/mol. The lowest BCUT2D eigenvalue weighted by Gasteiger charge is -2.11. The predicted octanol–water partition coefficient (Wildman–Crippen LogP) is 0.845. The second-order valence-electron chi connectivity index (χ2n) is 2.50. The summed E-state index contributed by atoms with van der Waals surface area (Å²) in [7, 11) is 1.50. The van der Waals surface area contributed by atoms with E-state index in [4.69, 9.17) is 10.5 Å². The Kier molecular flexibility index (Phi) is 3.65. The molecule has 1 aromatic heterocycles. The van der Waals surface area contributed by atoms with Crippen LogP contribution in [0.5, 0.6) is 5.88 Å². The number of ether oxygens (including phenoxy) is 1. The number of pyridine rings is 1. The highest BCUT2D eigenvalue weighted by Gasteiger charge is 2.12. The number of rotatable bonds is 3. The van der Waals surface area contributed by atoms with E-state index in [1.54, 1.807) is 12.3 Å². The molecule has 4 nitrogen and oxygen atoms in total. The molecule has 0 aliphatic carbocycles. The lowest BCUT2D eigenvalue weighted by Crippen LogP contribution is -2.13. The second kappa shape index (κ2) is 4.55. The number of methoxy groups -OCH3 is 1. The fourth-order valence-electron chi connectivity index (χ4n) is 0.979. The van der Waals surface area contributed by atoms with E-state index in [-0.39, 0.29) is 6.54 Å². The van der Waals surface area contributed by atoms with Gasteiger partial charge in [0.05, 0.1) is 13.2 Å². The Balaban J connectivity index is 3.07. The normalized spacial score (nSPS) is 12.6. The minimum Gasteiger partial charge on any atom is -0.481 e. The zero-order valence-electron chi connectivity index (χ0n) is 7.20. The molecule has 3 N–H and O–H groups in total. The van der Waals surface area contributed by atoms with Crippen LogP contribution in [0.2, 0.25) is 0 Å². The summed E-state index contributed by atoms with van der Waals surface area (Å²) in [5, 5.41) is 9.50. The van der Waals surface area contributed by atoms with Gasteiger partial charge in [0.1, 0.15) is 0 Å². The average molecular weight is 247 g/mol. The van der Waals surface area contributed by atoms with Crippen molar-refractivity contribution in [3.63, 3.8) is 0 Å². The number of aromatic nitrogens is 1. The highest BCUT2D eigenvalue weighted by Crippen LogP contribution is 2.25. The number of hydrogen-bond donors (Lipinski definition) is 2. The molecular formula is C8H11BrN2O2. The van der Waals surface area contributed by atoms with Gasteiger partial charge in [-0.05, 0) is 22.0 Å². The number of aliphatic hydroxyl groups excluding tert-OH is 1. The van der Waals surface area contributed by atoms with Crippen molar-refractivity contribution in [2.45, 2.75) is 6.10 Å². The van der Waals surface area contributed by atoms with Gasteiger partial charge in [0, 0.05) is 22.8 Å². The second-order valence-corrected chi connectivity index (χ2v) is 3.42. The van der Waals surface area contributed by atoms with E-state index in [0.29, 0.717) is 11.4 Å². The van der Waals surface area contributed by atoms with Crippen molar-refractivity contribution in [3.8, 4) is 5.88 Å². The number of halogens is 1. The fourth-order valence-corrected chi connectivity index (χ4v) is 1.33. The minimum absolute atomic E-state index is 0.147. The van der Waals surface area contributed by atoms with Gasteiger partial charge in [-0.1, -0.05) is 0 Å². The molecule has 0 aliphatic rings. The largest absolute Gasteiger partial charge is 0.481 e. The van der Waals surface area contributed by atoms with E-state index in [1.165, 1.54) is 7.11 Å². The first-order valence-corrected chi connectivity index (χ1v) is 4.56. The highest BCUT2D eigenvalue weighted by molar-refractivity contribution is 9.10. The Morgan fingerprint density at radius 2 is 2.46 bits per heavy atom. The molecule has 0 unspecified atom stereocenters. The smallest absolute Gasteiger partial charge is 0.219 e. The van der Waals surface area contributed by atoms with Gasteiger partial charge in [0.15, 0.2) is 0 Å². The maximum Gasteiger partial charge on any atom is 0.219 e. The summed E-state index contributed by atoms with van der Waals surface area (Å²) in [6.07, 6.45) is 0.867. The maximum atomic E-state index is 9.50. The lowest BCUT2D eigenvalue weighted by molar-refractivity contribution is 0.181. The van der Waals surface area contributed by atoms with Crippen LogP contribution in [-0.4, -0.2) is 23.7 Å². The third kappa shape index (κ3) is 2.40. The maximum absolute atomic E-state index is 9.50. The molecule has 1 rings (SSSR count). The van der Waals surface area contributed by atoms with E-state index < -0.39 is 6.10 Å². The Labute approximate surface area is 84.9 Å². The van der Waals surface area contributed by atoms with Gasteiger partial charge in [-0.2, -0.15) is 0 Å². The van der Waals surface area contributed by atoms with E-state index in [1.807, 2.05) is 0 Å². The van der Waals surface area contributed by atoms with Gasteiger partial charge < -0.3 is 15.6 Å². The first-order valence-electron chi connectivity index (χ1n) is 3.76. The van der Waals surface area contributed by atoms with Crippen LogP contribution in [0.15, 0.2) is 16.7 Å². The van der Waals surface area contributed by atoms with Gasteiger partial charge in [-0.15, -0.1) is 0 Å². The summed E-state index contributed by atoms with van der Waals surface area (Å²) in [6.45, 7) is 0.147.